The van der Waals surface area contributed by atoms with Crippen LogP contribution < -0.4 is 0 Å². The van der Waals surface area contributed by atoms with Gasteiger partial charge in [0.05, 0.1) is 22.8 Å². The van der Waals surface area contributed by atoms with E-state index in [-0.39, 0.29) is 0 Å². The fourth-order valence-electron chi connectivity index (χ4n) is 14.6. The Kier molecular flexibility index (Phi) is 23.4. The lowest BCUT2D eigenvalue weighted by Crippen LogP contribution is -1.87. The number of nitrogens with zero attached hydrogens (tertiary/aromatic N) is 2. The van der Waals surface area contributed by atoms with Crippen LogP contribution in [0.4, 0.5) is 0 Å². The molecule has 0 radical (unpaired) electrons. The SMILES string of the molecule is CCCCCCc1ccc(-c2ccc(-c3ccc(-c4c5nc(c(-c6ccc(-c7ccc(-c8ccc(CCCCCC)s8)s7)s6)c6ccc([nH]6)c(-c6ccc(-c7ccc(-c8ccc(CCCCCC)s8)s7)s6)c6nc(c(-c7ccc(-c8ccc(-c9ccc(CCCCCC)s9)s8)s7)c7ccc4[nH]7)C=C6)C=C5)s3)s2)s1. The van der Waals surface area contributed by atoms with Gasteiger partial charge in [-0.3, -0.25) is 0 Å². The van der Waals surface area contributed by atoms with Gasteiger partial charge in [-0.2, -0.15) is 0 Å². The molecular formula is C92H86N4S12. The van der Waals surface area contributed by atoms with Crippen LogP contribution in [-0.4, -0.2) is 19.9 Å². The first-order chi connectivity index (χ1) is 53.3. The molecule has 15 aromatic heterocycles. The standard InChI is InChI=1S/C92H86N4S12/c1-5-9-13-17-21-57-25-37-69(97-57)73-41-45-77(101-73)81-49-53-85(105-81)89-61-29-31-63(93-61)90(86-54-50-82(106-86)78-46-42-74(102-78)70-38-26-58(98-70)22-18-14-10-6-2)65-33-35-67(95-65)92(88-56-52-84(108-88)80-48-44-76(104-80)72-40-28-60(100-72)24-20-16-12-8-4)68-36-34-66(96-68)91(64-32-30-62(89)94-64)87-55-51-83(107-87)79-47-43-75(103-79)71-39-27-59(99-71)23-19-15-11-7-3/h25-56,93,96H,5-24H2,1-4H3. The number of aromatic amines is 2. The van der Waals surface area contributed by atoms with Crippen LogP contribution in [0.15, 0.2) is 170 Å². The highest BCUT2D eigenvalue weighted by Gasteiger charge is 2.25. The highest BCUT2D eigenvalue weighted by Crippen LogP contribution is 2.51. The van der Waals surface area contributed by atoms with Crippen molar-refractivity contribution in [2.45, 2.75) is 156 Å². The van der Waals surface area contributed by atoms with E-state index in [0.29, 0.717) is 0 Å². The number of hydrogen-bond acceptors (Lipinski definition) is 14. The number of hydrogen-bond donors (Lipinski definition) is 2. The number of fused-ring (bicyclic) bond motifs is 8. The Morgan fingerprint density at radius 1 is 0.194 bits per heavy atom. The van der Waals surface area contributed by atoms with Crippen LogP contribution in [0.3, 0.4) is 0 Å². The van der Waals surface area contributed by atoms with Crippen molar-refractivity contribution in [3.8, 4) is 120 Å². The second-order valence-electron chi connectivity index (χ2n) is 28.1. The zero-order chi connectivity index (χ0) is 72.9. The Morgan fingerprint density at radius 3 is 0.574 bits per heavy atom. The highest BCUT2D eigenvalue weighted by molar-refractivity contribution is 7.30. The summed E-state index contributed by atoms with van der Waals surface area (Å²) in [6.07, 6.45) is 34.2. The Morgan fingerprint density at radius 2 is 0.370 bits per heavy atom. The molecule has 0 saturated heterocycles. The first-order valence-corrected chi connectivity index (χ1v) is 48.4. The van der Waals surface area contributed by atoms with Crippen LogP contribution in [0.25, 0.3) is 166 Å². The molecule has 546 valence electrons. The predicted molar refractivity (Wildman–Crippen MR) is 490 cm³/mol. The summed E-state index contributed by atoms with van der Waals surface area (Å²) in [5, 5.41) is 0. The molecule has 108 heavy (non-hydrogen) atoms. The summed E-state index contributed by atoms with van der Waals surface area (Å²) >= 11 is 22.9. The first kappa shape index (κ1) is 73.8. The minimum Gasteiger partial charge on any atom is -0.354 e. The summed E-state index contributed by atoms with van der Waals surface area (Å²) in [5.41, 5.74) is 12.1. The molecule has 15 aromatic rings. The van der Waals surface area contributed by atoms with Crippen LogP contribution in [0, 0.1) is 0 Å². The lowest BCUT2D eigenvalue weighted by molar-refractivity contribution is 0.670. The summed E-state index contributed by atoms with van der Waals surface area (Å²) in [4.78, 5) is 51.4. The number of unbranched alkanes of at least 4 members (excludes halogenated alkanes) is 12. The smallest absolute Gasteiger partial charge is 0.0745 e. The van der Waals surface area contributed by atoms with Gasteiger partial charge < -0.3 is 9.97 Å². The van der Waals surface area contributed by atoms with Gasteiger partial charge in [0.2, 0.25) is 0 Å². The molecule has 8 bridgehead atoms. The maximum absolute atomic E-state index is 5.86. The van der Waals surface area contributed by atoms with E-state index in [1.54, 1.807) is 0 Å². The third-order valence-electron chi connectivity index (χ3n) is 20.3. The van der Waals surface area contributed by atoms with Crippen molar-refractivity contribution in [2.24, 2.45) is 0 Å². The van der Waals surface area contributed by atoms with Gasteiger partial charge >= 0.3 is 0 Å². The highest BCUT2D eigenvalue weighted by atomic mass is 32.1. The molecule has 0 aromatic carbocycles. The Balaban J connectivity index is 0.809. The summed E-state index contributed by atoms with van der Waals surface area (Å²) in [5.74, 6) is 0. The van der Waals surface area contributed by atoms with Gasteiger partial charge in [0.25, 0.3) is 0 Å². The van der Waals surface area contributed by atoms with E-state index in [4.69, 9.17) is 9.97 Å². The molecule has 2 aliphatic heterocycles. The van der Waals surface area contributed by atoms with E-state index in [0.717, 1.165) is 112 Å². The molecule has 0 unspecified atom stereocenters. The first-order valence-electron chi connectivity index (χ1n) is 38.6. The number of nitrogens with one attached hydrogen (secondary N) is 2. The lowest BCUT2D eigenvalue weighted by atomic mass is 10.1. The summed E-state index contributed by atoms with van der Waals surface area (Å²) in [6, 6.07) is 65.2. The third-order valence-corrected chi connectivity index (χ3v) is 35.2. The quantitative estimate of drug-likeness (QED) is 0.0413. The van der Waals surface area contributed by atoms with E-state index in [9.17, 15) is 0 Å². The van der Waals surface area contributed by atoms with Gasteiger partial charge in [0, 0.05) is 161 Å². The van der Waals surface area contributed by atoms with Crippen LogP contribution in [0.2, 0.25) is 0 Å². The molecule has 0 atom stereocenters. The van der Waals surface area contributed by atoms with Crippen molar-refractivity contribution in [1.82, 2.24) is 19.9 Å². The molecule has 0 saturated carbocycles. The normalized spacial score (nSPS) is 12.2. The number of aromatic nitrogens is 4. The van der Waals surface area contributed by atoms with Crippen LogP contribution in [0.5, 0.6) is 0 Å². The number of aryl methyl sites for hydroxylation is 4. The number of H-pyrrole nitrogens is 2. The van der Waals surface area contributed by atoms with Gasteiger partial charge in [-0.05, 0) is 246 Å². The van der Waals surface area contributed by atoms with Gasteiger partial charge in [-0.15, -0.1) is 136 Å². The minimum absolute atomic E-state index is 0.925. The summed E-state index contributed by atoms with van der Waals surface area (Å²) < 4.78 is 0. The second-order valence-corrected chi connectivity index (χ2v) is 41.5. The zero-order valence-corrected chi connectivity index (χ0v) is 71.2. The molecular weight excluding hydrogens is 1550 g/mol. The van der Waals surface area contributed by atoms with E-state index >= 15 is 0 Å². The largest absolute Gasteiger partial charge is 0.354 e. The van der Waals surface area contributed by atoms with Crippen molar-refractivity contribution in [1.29, 1.82) is 0 Å². The van der Waals surface area contributed by atoms with Gasteiger partial charge in [-0.25, -0.2) is 9.97 Å². The zero-order valence-electron chi connectivity index (χ0n) is 61.4. The topological polar surface area (TPSA) is 57.4 Å². The number of rotatable bonds is 32. The van der Waals surface area contributed by atoms with Crippen molar-refractivity contribution in [3.05, 3.63) is 212 Å². The summed E-state index contributed by atoms with van der Waals surface area (Å²) in [6.45, 7) is 9.17. The molecule has 17 rings (SSSR count). The average molecular weight is 1630 g/mol. The molecule has 0 fully saturated rings. The van der Waals surface area contributed by atoms with Crippen molar-refractivity contribution >= 4 is 182 Å². The van der Waals surface area contributed by atoms with Crippen molar-refractivity contribution < 1.29 is 0 Å². The fraction of sp³-hybridized carbons (Fsp3) is 0.261. The second kappa shape index (κ2) is 34.3. The monoisotopic (exact) mass is 1630 g/mol. The van der Waals surface area contributed by atoms with Crippen molar-refractivity contribution in [2.75, 3.05) is 0 Å². The molecule has 2 N–H and O–H groups in total. The molecule has 0 spiro atoms. The minimum atomic E-state index is 0.925. The Hall–Kier alpha value is -7.00. The van der Waals surface area contributed by atoms with Gasteiger partial charge in [-0.1, -0.05) is 105 Å². The predicted octanol–water partition coefficient (Wildman–Crippen LogP) is 33.9. The van der Waals surface area contributed by atoms with Crippen LogP contribution >= 0.6 is 136 Å². The molecule has 2 aliphatic rings. The molecule has 4 nitrogen and oxygen atoms in total. The van der Waals surface area contributed by atoms with Crippen LogP contribution in [0.1, 0.15) is 173 Å². The molecule has 0 aliphatic carbocycles. The molecule has 17 heterocycles. The maximum Gasteiger partial charge on any atom is 0.0745 e. The van der Waals surface area contributed by atoms with E-state index < -0.39 is 0 Å². The van der Waals surface area contributed by atoms with Gasteiger partial charge in [0.15, 0.2) is 0 Å². The average Bonchev–Trinajstić information content (AvgIpc) is 1.60. The van der Waals surface area contributed by atoms with E-state index in [1.807, 2.05) is 136 Å². The lowest BCUT2D eigenvalue weighted by Gasteiger charge is -2.04. The molecule has 0 amide bonds. The third kappa shape index (κ3) is 16.4. The Labute approximate surface area is 683 Å². The molecule has 16 heteroatoms. The maximum atomic E-state index is 5.86. The van der Waals surface area contributed by atoms with E-state index in [1.165, 1.54) is 200 Å². The fourth-order valence-corrected chi connectivity index (χ4v) is 27.8. The Bertz CT molecular complexity index is 5140. The van der Waals surface area contributed by atoms with Gasteiger partial charge in [0.1, 0.15) is 0 Å². The van der Waals surface area contributed by atoms with Crippen LogP contribution in [-0.2, 0) is 25.7 Å². The number of thiophene rings is 12. The summed E-state index contributed by atoms with van der Waals surface area (Å²) in [7, 11) is 0. The van der Waals surface area contributed by atoms with E-state index in [2.05, 4.69) is 232 Å². The van der Waals surface area contributed by atoms with Crippen molar-refractivity contribution in [3.63, 3.8) is 0 Å².